The molecule has 1 aromatic carbocycles. The van der Waals surface area contributed by atoms with Gasteiger partial charge in [0.25, 0.3) is 0 Å². The predicted molar refractivity (Wildman–Crippen MR) is 79.5 cm³/mol. The molecule has 5 nitrogen and oxygen atoms in total. The topological polar surface area (TPSA) is 64.4 Å². The van der Waals surface area contributed by atoms with Gasteiger partial charge in [-0.2, -0.15) is 0 Å². The van der Waals surface area contributed by atoms with E-state index in [0.717, 1.165) is 10.0 Å². The van der Waals surface area contributed by atoms with E-state index < -0.39 is 11.7 Å². The van der Waals surface area contributed by atoms with Crippen molar-refractivity contribution >= 4 is 27.9 Å². The summed E-state index contributed by atoms with van der Waals surface area (Å²) >= 11 is 3.44. The molecule has 2 rings (SSSR count). The van der Waals surface area contributed by atoms with Gasteiger partial charge in [0, 0.05) is 16.1 Å². The Kier molecular flexibility index (Phi) is 4.13. The van der Waals surface area contributed by atoms with E-state index in [1.807, 2.05) is 24.3 Å². The highest BCUT2D eigenvalue weighted by atomic mass is 79.9. The van der Waals surface area contributed by atoms with E-state index in [2.05, 4.69) is 26.4 Å². The van der Waals surface area contributed by atoms with E-state index in [0.29, 0.717) is 5.69 Å². The number of carbonyl (C=O) groups excluding carboxylic acids is 1. The second kappa shape index (κ2) is 5.66. The first-order valence-corrected chi connectivity index (χ1v) is 6.86. The zero-order valence-electron chi connectivity index (χ0n) is 11.4. The number of ether oxygens (including phenoxy) is 1. The Morgan fingerprint density at radius 2 is 2.05 bits per heavy atom. The summed E-state index contributed by atoms with van der Waals surface area (Å²) in [5.41, 5.74) is 0.951. The Labute approximate surface area is 125 Å². The molecule has 1 N–H and O–H groups in total. The lowest BCUT2D eigenvalue weighted by Gasteiger charge is -2.18. The lowest BCUT2D eigenvalue weighted by atomic mass is 10.1. The SMILES string of the molecule is CC(C)(C)OC(=O)Nc1cc(-c2ccccc2Br)no1. The fourth-order valence-electron chi connectivity index (χ4n) is 1.53. The Morgan fingerprint density at radius 1 is 1.35 bits per heavy atom. The van der Waals surface area contributed by atoms with Gasteiger partial charge in [-0.3, -0.25) is 5.32 Å². The van der Waals surface area contributed by atoms with E-state index in [9.17, 15) is 4.79 Å². The van der Waals surface area contributed by atoms with Crippen LogP contribution in [0.5, 0.6) is 0 Å². The highest BCUT2D eigenvalue weighted by Gasteiger charge is 2.18. The van der Waals surface area contributed by atoms with Gasteiger partial charge in [0.15, 0.2) is 0 Å². The molecule has 0 radical (unpaired) electrons. The van der Waals surface area contributed by atoms with Crippen LogP contribution in [0.4, 0.5) is 10.7 Å². The third kappa shape index (κ3) is 3.84. The van der Waals surface area contributed by atoms with Crippen LogP contribution in [-0.4, -0.2) is 16.9 Å². The number of halogens is 1. The largest absolute Gasteiger partial charge is 0.444 e. The molecule has 0 saturated carbocycles. The molecule has 0 aliphatic rings. The lowest BCUT2D eigenvalue weighted by Crippen LogP contribution is -2.27. The number of amides is 1. The smallest absolute Gasteiger partial charge is 0.414 e. The van der Waals surface area contributed by atoms with Crippen molar-refractivity contribution in [2.75, 3.05) is 5.32 Å². The van der Waals surface area contributed by atoms with Crippen LogP contribution in [0.25, 0.3) is 11.3 Å². The Hall–Kier alpha value is -1.82. The molecule has 1 amide bonds. The number of carbonyl (C=O) groups is 1. The Balaban J connectivity index is 2.10. The van der Waals surface area contributed by atoms with Crippen molar-refractivity contribution in [3.05, 3.63) is 34.8 Å². The molecule has 0 aliphatic heterocycles. The van der Waals surface area contributed by atoms with Gasteiger partial charge in [0.05, 0.1) is 0 Å². The van der Waals surface area contributed by atoms with Crippen molar-refractivity contribution < 1.29 is 14.1 Å². The number of rotatable bonds is 2. The minimum Gasteiger partial charge on any atom is -0.444 e. The fraction of sp³-hybridized carbons (Fsp3) is 0.286. The molecule has 0 bridgehead atoms. The molecular formula is C14H15BrN2O3. The van der Waals surface area contributed by atoms with Crippen molar-refractivity contribution in [2.45, 2.75) is 26.4 Å². The van der Waals surface area contributed by atoms with E-state index >= 15 is 0 Å². The van der Waals surface area contributed by atoms with Gasteiger partial charge in [-0.05, 0) is 26.8 Å². The van der Waals surface area contributed by atoms with Gasteiger partial charge >= 0.3 is 6.09 Å². The molecule has 2 aromatic rings. The summed E-state index contributed by atoms with van der Waals surface area (Å²) in [4.78, 5) is 11.6. The van der Waals surface area contributed by atoms with Crippen molar-refractivity contribution in [1.82, 2.24) is 5.16 Å². The van der Waals surface area contributed by atoms with E-state index in [1.165, 1.54) is 0 Å². The summed E-state index contributed by atoms with van der Waals surface area (Å²) in [5.74, 6) is 0.241. The highest BCUT2D eigenvalue weighted by molar-refractivity contribution is 9.10. The van der Waals surface area contributed by atoms with Crippen LogP contribution in [0, 0.1) is 0 Å². The number of hydrogen-bond acceptors (Lipinski definition) is 4. The molecule has 0 fully saturated rings. The molecular weight excluding hydrogens is 324 g/mol. The third-order valence-electron chi connectivity index (χ3n) is 2.28. The first-order valence-electron chi connectivity index (χ1n) is 6.07. The minimum absolute atomic E-state index is 0.241. The molecule has 0 saturated heterocycles. The summed E-state index contributed by atoms with van der Waals surface area (Å²) in [6, 6.07) is 9.26. The van der Waals surface area contributed by atoms with Crippen LogP contribution >= 0.6 is 15.9 Å². The maximum absolute atomic E-state index is 11.6. The molecule has 1 aromatic heterocycles. The van der Waals surface area contributed by atoms with Gasteiger partial charge in [0.2, 0.25) is 5.88 Å². The third-order valence-corrected chi connectivity index (χ3v) is 2.98. The van der Waals surface area contributed by atoms with Gasteiger partial charge in [-0.1, -0.05) is 39.3 Å². The molecule has 0 atom stereocenters. The van der Waals surface area contributed by atoms with E-state index in [4.69, 9.17) is 9.26 Å². The number of aromatic nitrogens is 1. The van der Waals surface area contributed by atoms with Crippen LogP contribution in [0.3, 0.4) is 0 Å². The number of anilines is 1. The van der Waals surface area contributed by atoms with Crippen LogP contribution in [0.2, 0.25) is 0 Å². The maximum Gasteiger partial charge on any atom is 0.414 e. The van der Waals surface area contributed by atoms with Crippen LogP contribution in [0.1, 0.15) is 20.8 Å². The van der Waals surface area contributed by atoms with Crippen LogP contribution in [0.15, 0.2) is 39.3 Å². The predicted octanol–water partition coefficient (Wildman–Crippen LogP) is 4.45. The van der Waals surface area contributed by atoms with Gasteiger partial charge in [0.1, 0.15) is 11.3 Å². The molecule has 106 valence electrons. The molecule has 6 heteroatoms. The lowest BCUT2D eigenvalue weighted by molar-refractivity contribution is 0.0631. The van der Waals surface area contributed by atoms with Crippen molar-refractivity contribution in [3.8, 4) is 11.3 Å². The standard InChI is InChI=1S/C14H15BrN2O3/c1-14(2,3)19-13(18)16-12-8-11(17-20-12)9-6-4-5-7-10(9)15/h4-8H,1-3H3,(H,16,18). The van der Waals surface area contributed by atoms with Crippen molar-refractivity contribution in [2.24, 2.45) is 0 Å². The number of hydrogen-bond donors (Lipinski definition) is 1. The minimum atomic E-state index is -0.577. The summed E-state index contributed by atoms with van der Waals surface area (Å²) in [5, 5.41) is 6.42. The van der Waals surface area contributed by atoms with Crippen LogP contribution in [-0.2, 0) is 4.74 Å². The quantitative estimate of drug-likeness (QED) is 0.878. The second-order valence-corrected chi connectivity index (χ2v) is 6.04. The number of nitrogens with zero attached hydrogens (tertiary/aromatic N) is 1. The summed E-state index contributed by atoms with van der Waals surface area (Å²) in [7, 11) is 0. The number of benzene rings is 1. The van der Waals surface area contributed by atoms with E-state index in [1.54, 1.807) is 26.8 Å². The normalized spacial score (nSPS) is 11.2. The monoisotopic (exact) mass is 338 g/mol. The molecule has 0 spiro atoms. The average molecular weight is 339 g/mol. The van der Waals surface area contributed by atoms with Crippen molar-refractivity contribution in [1.29, 1.82) is 0 Å². The Bertz CT molecular complexity index is 617. The summed E-state index contributed by atoms with van der Waals surface area (Å²) < 4.78 is 11.1. The first-order chi connectivity index (χ1) is 9.35. The van der Waals surface area contributed by atoms with Crippen LogP contribution < -0.4 is 5.32 Å². The fourth-order valence-corrected chi connectivity index (χ4v) is 2.02. The molecule has 1 heterocycles. The second-order valence-electron chi connectivity index (χ2n) is 5.18. The zero-order valence-corrected chi connectivity index (χ0v) is 13.0. The first kappa shape index (κ1) is 14.6. The van der Waals surface area contributed by atoms with E-state index in [-0.39, 0.29) is 5.88 Å². The maximum atomic E-state index is 11.6. The summed E-state index contributed by atoms with van der Waals surface area (Å²) in [6.07, 6.45) is -0.577. The average Bonchev–Trinajstić information content (AvgIpc) is 2.75. The van der Waals surface area contributed by atoms with Gasteiger partial charge in [-0.25, -0.2) is 4.79 Å². The molecule has 0 aliphatic carbocycles. The highest BCUT2D eigenvalue weighted by Crippen LogP contribution is 2.28. The van der Waals surface area contributed by atoms with Crippen molar-refractivity contribution in [3.63, 3.8) is 0 Å². The molecule has 0 unspecified atom stereocenters. The summed E-state index contributed by atoms with van der Waals surface area (Å²) in [6.45, 7) is 5.37. The Morgan fingerprint density at radius 3 is 2.70 bits per heavy atom. The van der Waals surface area contributed by atoms with Gasteiger partial charge < -0.3 is 9.26 Å². The number of nitrogens with one attached hydrogen (secondary N) is 1. The zero-order chi connectivity index (χ0) is 14.8. The van der Waals surface area contributed by atoms with Gasteiger partial charge in [-0.15, -0.1) is 0 Å². The molecule has 20 heavy (non-hydrogen) atoms.